The van der Waals surface area contributed by atoms with Crippen molar-refractivity contribution in [1.82, 2.24) is 10.4 Å². The Kier molecular flexibility index (Phi) is 12.0. The van der Waals surface area contributed by atoms with E-state index < -0.39 is 10.8 Å². The lowest BCUT2D eigenvalue weighted by Crippen LogP contribution is -2.50. The summed E-state index contributed by atoms with van der Waals surface area (Å²) in [5.41, 5.74) is 0. The molecule has 0 bridgehead atoms. The maximum absolute atomic E-state index is 12.5. The van der Waals surface area contributed by atoms with Crippen LogP contribution in [0.3, 0.4) is 0 Å². The number of carbonyl (C=O) groups is 2. The van der Waals surface area contributed by atoms with Crippen molar-refractivity contribution in [3.8, 4) is 0 Å². The highest BCUT2D eigenvalue weighted by Crippen LogP contribution is 2.28. The fourth-order valence-electron chi connectivity index (χ4n) is 2.10. The predicted octanol–water partition coefficient (Wildman–Crippen LogP) is 3.21. The van der Waals surface area contributed by atoms with Crippen molar-refractivity contribution in [2.75, 3.05) is 33.6 Å². The number of hydrogen-bond acceptors (Lipinski definition) is 5. The molecule has 0 saturated heterocycles. The minimum Gasteiger partial charge on any atom is -0.453 e. The van der Waals surface area contributed by atoms with Crippen LogP contribution >= 0.6 is 11.8 Å². The van der Waals surface area contributed by atoms with Crippen LogP contribution in [0.15, 0.2) is 0 Å². The number of amides is 2. The van der Waals surface area contributed by atoms with Crippen molar-refractivity contribution in [2.45, 2.75) is 57.1 Å². The zero-order chi connectivity index (χ0) is 17.7. The monoisotopic (exact) mass is 348 g/mol. The van der Waals surface area contributed by atoms with Crippen LogP contribution in [-0.2, 0) is 14.4 Å². The molecule has 7 heteroatoms. The first-order chi connectivity index (χ1) is 10.9. The number of nitrogens with one attached hydrogen (secondary N) is 1. The second kappa shape index (κ2) is 12.5. The Morgan fingerprint density at radius 1 is 1.13 bits per heavy atom. The van der Waals surface area contributed by atoms with E-state index in [1.54, 1.807) is 18.8 Å². The third kappa shape index (κ3) is 9.05. The molecule has 6 nitrogen and oxygen atoms in total. The molecule has 0 saturated carbocycles. The number of hydrogen-bond donors (Lipinski definition) is 1. The summed E-state index contributed by atoms with van der Waals surface area (Å²) in [5.74, 6) is 0.696. The smallest absolute Gasteiger partial charge is 0.406 e. The van der Waals surface area contributed by atoms with Crippen LogP contribution in [0.2, 0.25) is 0 Å². The summed E-state index contributed by atoms with van der Waals surface area (Å²) in [4.78, 5) is 28.8. The van der Waals surface area contributed by atoms with Crippen LogP contribution in [0.4, 0.5) is 4.79 Å². The quantitative estimate of drug-likeness (QED) is 0.433. The summed E-state index contributed by atoms with van der Waals surface area (Å²) >= 11 is 1.55. The fourth-order valence-corrected chi connectivity index (χ4v) is 3.32. The van der Waals surface area contributed by atoms with Crippen LogP contribution in [-0.4, -0.2) is 55.4 Å². The standard InChI is InChI=1S/C16H32N2O4S/c1-6-7-8-9-10-11-12-23-16(2,13-17-15(20)21-4)14(19)18(3)22-5/h6-13H2,1-5H3,(H,17,20)/t16-/m0/s1. The number of methoxy groups -OCH3 is 1. The third-order valence-corrected chi connectivity index (χ3v) is 5.14. The Bertz CT molecular complexity index is 355. The van der Waals surface area contributed by atoms with Gasteiger partial charge in [0.05, 0.1) is 14.2 Å². The zero-order valence-electron chi connectivity index (χ0n) is 15.1. The molecule has 0 spiro atoms. The van der Waals surface area contributed by atoms with Gasteiger partial charge < -0.3 is 10.1 Å². The fraction of sp³-hybridized carbons (Fsp3) is 0.875. The number of unbranched alkanes of at least 4 members (excludes halogenated alkanes) is 5. The van der Waals surface area contributed by atoms with E-state index in [2.05, 4.69) is 17.0 Å². The molecule has 0 fully saturated rings. The van der Waals surface area contributed by atoms with Gasteiger partial charge in [0.25, 0.3) is 5.91 Å². The van der Waals surface area contributed by atoms with Gasteiger partial charge in [-0.05, 0) is 19.1 Å². The zero-order valence-corrected chi connectivity index (χ0v) is 16.0. The van der Waals surface area contributed by atoms with E-state index in [1.165, 1.54) is 51.4 Å². The number of nitrogens with zero attached hydrogens (tertiary/aromatic N) is 1. The van der Waals surface area contributed by atoms with Crippen LogP contribution in [0.1, 0.15) is 52.4 Å². The van der Waals surface area contributed by atoms with Crippen LogP contribution in [0, 0.1) is 0 Å². The van der Waals surface area contributed by atoms with Gasteiger partial charge >= 0.3 is 6.09 Å². The largest absolute Gasteiger partial charge is 0.453 e. The molecule has 0 aliphatic rings. The highest BCUT2D eigenvalue weighted by Gasteiger charge is 2.37. The number of carbonyl (C=O) groups excluding carboxylic acids is 2. The Balaban J connectivity index is 4.42. The molecule has 1 atom stereocenters. The second-order valence-electron chi connectivity index (χ2n) is 5.68. The molecule has 0 rings (SSSR count). The van der Waals surface area contributed by atoms with E-state index in [9.17, 15) is 9.59 Å². The minimum absolute atomic E-state index is 0.174. The molecule has 0 aromatic carbocycles. The molecular formula is C16H32N2O4S. The van der Waals surface area contributed by atoms with E-state index in [1.807, 2.05) is 6.92 Å². The molecular weight excluding hydrogens is 316 g/mol. The first kappa shape index (κ1) is 22.1. The second-order valence-corrected chi connectivity index (χ2v) is 7.28. The van der Waals surface area contributed by atoms with Crippen LogP contribution in [0.5, 0.6) is 0 Å². The summed E-state index contributed by atoms with van der Waals surface area (Å²) < 4.78 is 3.80. The van der Waals surface area contributed by atoms with Crippen LogP contribution < -0.4 is 5.32 Å². The minimum atomic E-state index is -0.775. The molecule has 0 heterocycles. The van der Waals surface area contributed by atoms with Gasteiger partial charge in [-0.25, -0.2) is 9.86 Å². The number of alkyl carbamates (subject to hydrolysis) is 1. The normalized spacial score (nSPS) is 13.3. The number of thioether (sulfide) groups is 1. The maximum atomic E-state index is 12.5. The van der Waals surface area contributed by atoms with Crippen molar-refractivity contribution < 1.29 is 19.2 Å². The molecule has 0 unspecified atom stereocenters. The van der Waals surface area contributed by atoms with Crippen LogP contribution in [0.25, 0.3) is 0 Å². The molecule has 23 heavy (non-hydrogen) atoms. The Hall–Kier alpha value is -0.950. The van der Waals surface area contributed by atoms with Gasteiger partial charge in [0.15, 0.2) is 0 Å². The predicted molar refractivity (Wildman–Crippen MR) is 94.4 cm³/mol. The molecule has 0 aliphatic carbocycles. The van der Waals surface area contributed by atoms with Crippen molar-refractivity contribution in [1.29, 1.82) is 0 Å². The van der Waals surface area contributed by atoms with E-state index in [-0.39, 0.29) is 12.5 Å². The summed E-state index contributed by atoms with van der Waals surface area (Å²) in [6.07, 6.45) is 6.72. The number of ether oxygens (including phenoxy) is 1. The van der Waals surface area contributed by atoms with E-state index in [0.29, 0.717) is 0 Å². The molecule has 2 amide bonds. The highest BCUT2D eigenvalue weighted by atomic mass is 32.2. The molecule has 0 radical (unpaired) electrons. The van der Waals surface area contributed by atoms with Gasteiger partial charge in [-0.2, -0.15) is 0 Å². The SMILES string of the molecule is CCCCCCCCS[C@@](C)(CNC(=O)OC)C(=O)N(C)OC. The van der Waals surface area contributed by atoms with E-state index in [4.69, 9.17) is 4.84 Å². The van der Waals surface area contributed by atoms with Crippen molar-refractivity contribution in [3.63, 3.8) is 0 Å². The van der Waals surface area contributed by atoms with Gasteiger partial charge in [-0.3, -0.25) is 9.63 Å². The summed E-state index contributed by atoms with van der Waals surface area (Å²) in [7, 11) is 4.33. The molecule has 0 aromatic heterocycles. The number of hydroxylamine groups is 2. The molecule has 0 aliphatic heterocycles. The van der Waals surface area contributed by atoms with Gasteiger partial charge in [0.2, 0.25) is 0 Å². The average molecular weight is 349 g/mol. The van der Waals surface area contributed by atoms with Crippen molar-refractivity contribution >= 4 is 23.8 Å². The van der Waals surface area contributed by atoms with Gasteiger partial charge in [-0.1, -0.05) is 39.0 Å². The molecule has 1 N–H and O–H groups in total. The van der Waals surface area contributed by atoms with E-state index in [0.717, 1.165) is 12.2 Å². The average Bonchev–Trinajstić information content (AvgIpc) is 2.57. The summed E-state index contributed by atoms with van der Waals surface area (Å²) in [6.45, 7) is 4.22. The first-order valence-electron chi connectivity index (χ1n) is 8.19. The molecule has 0 aromatic rings. The molecule has 136 valence electrons. The number of rotatable bonds is 12. The summed E-state index contributed by atoms with van der Waals surface area (Å²) in [6, 6.07) is 0. The van der Waals surface area contributed by atoms with E-state index >= 15 is 0 Å². The van der Waals surface area contributed by atoms with Crippen molar-refractivity contribution in [2.24, 2.45) is 0 Å². The van der Waals surface area contributed by atoms with Gasteiger partial charge in [-0.15, -0.1) is 11.8 Å². The Labute approximate surface area is 144 Å². The first-order valence-corrected chi connectivity index (χ1v) is 9.17. The highest BCUT2D eigenvalue weighted by molar-refractivity contribution is 8.01. The Morgan fingerprint density at radius 3 is 2.30 bits per heavy atom. The maximum Gasteiger partial charge on any atom is 0.406 e. The van der Waals surface area contributed by atoms with Crippen molar-refractivity contribution in [3.05, 3.63) is 0 Å². The van der Waals surface area contributed by atoms with Gasteiger partial charge in [0, 0.05) is 13.6 Å². The third-order valence-electron chi connectivity index (χ3n) is 3.69. The lowest BCUT2D eigenvalue weighted by atomic mass is 10.1. The lowest BCUT2D eigenvalue weighted by molar-refractivity contribution is -0.170. The topological polar surface area (TPSA) is 67.9 Å². The lowest BCUT2D eigenvalue weighted by Gasteiger charge is -2.31. The van der Waals surface area contributed by atoms with Gasteiger partial charge in [0.1, 0.15) is 4.75 Å². The Morgan fingerprint density at radius 2 is 1.74 bits per heavy atom. The summed E-state index contributed by atoms with van der Waals surface area (Å²) in [5, 5.41) is 3.82.